The van der Waals surface area contributed by atoms with Gasteiger partial charge in [0.05, 0.1) is 66.6 Å². The van der Waals surface area contributed by atoms with E-state index in [0.717, 1.165) is 82.0 Å². The molecule has 37 heteroatoms. The number of piperidine rings is 3. The molecule has 564 valence electrons. The maximum absolute atomic E-state index is 14.8. The van der Waals surface area contributed by atoms with Crippen LogP contribution in [0.4, 0.5) is 82.7 Å². The maximum Gasteiger partial charge on any atom is 0.418 e. The average Bonchev–Trinajstić information content (AvgIpc) is 0.785. The van der Waals surface area contributed by atoms with Crippen LogP contribution in [0.2, 0.25) is 0 Å². The van der Waals surface area contributed by atoms with Crippen LogP contribution in [-0.2, 0) is 30.3 Å². The Labute approximate surface area is 608 Å². The molecule has 0 bridgehead atoms. The number of ether oxygens (including phenoxy) is 2. The number of carbonyl (C=O) groups excluding carboxylic acids is 3. The molecule has 0 aliphatic carbocycles. The van der Waals surface area contributed by atoms with E-state index in [1.807, 2.05) is 37.8 Å². The molecule has 3 amide bonds. The number of hydrogen-bond acceptors (Lipinski definition) is 27. The predicted octanol–water partition coefficient (Wildman–Crippen LogP) is 8.47. The number of hydrogen-bond donors (Lipinski definition) is 10. The van der Waals surface area contributed by atoms with E-state index in [9.17, 15) is 50.2 Å². The van der Waals surface area contributed by atoms with Crippen LogP contribution in [0.5, 0.6) is 5.75 Å². The molecule has 0 saturated carbocycles. The molecule has 0 aromatic carbocycles. The van der Waals surface area contributed by atoms with Gasteiger partial charge in [0.2, 0.25) is 0 Å². The second kappa shape index (κ2) is 32.9. The summed E-state index contributed by atoms with van der Waals surface area (Å²) < 4.78 is 108. The summed E-state index contributed by atoms with van der Waals surface area (Å²) in [5, 5.41) is 17.5. The van der Waals surface area contributed by atoms with E-state index in [0.29, 0.717) is 43.4 Å². The third-order valence-electron chi connectivity index (χ3n) is 17.8. The monoisotopic (exact) mass is 1480 g/mol. The van der Waals surface area contributed by atoms with Gasteiger partial charge in [-0.2, -0.15) is 26.3 Å². The van der Waals surface area contributed by atoms with Crippen LogP contribution >= 0.6 is 0 Å². The summed E-state index contributed by atoms with van der Waals surface area (Å²) in [6.07, 6.45) is 6.67. The van der Waals surface area contributed by atoms with Crippen molar-refractivity contribution in [1.82, 2.24) is 59.8 Å². The molecule has 3 saturated heterocycles. The van der Waals surface area contributed by atoms with E-state index in [-0.39, 0.29) is 116 Å². The van der Waals surface area contributed by atoms with E-state index < -0.39 is 65.0 Å². The van der Waals surface area contributed by atoms with Gasteiger partial charge in [0, 0.05) is 106 Å². The first-order valence-electron chi connectivity index (χ1n) is 33.6. The number of carbonyl (C=O) groups is 3. The number of nitrogens with two attached hydrogens (primary N) is 6. The molecule has 9 aromatic rings. The number of alkyl halides is 6. The van der Waals surface area contributed by atoms with Gasteiger partial charge in [-0.05, 0) is 126 Å². The molecule has 3 aliphatic heterocycles. The molecule has 0 unspecified atom stereocenters. The van der Waals surface area contributed by atoms with Crippen molar-refractivity contribution in [2.75, 3.05) is 101 Å². The highest BCUT2D eigenvalue weighted by molar-refractivity contribution is 6.08. The lowest BCUT2D eigenvalue weighted by molar-refractivity contribution is -0.139. The minimum atomic E-state index is -4.83. The molecule has 12 rings (SSSR count). The molecule has 107 heavy (non-hydrogen) atoms. The van der Waals surface area contributed by atoms with E-state index in [1.165, 1.54) is 50.2 Å². The van der Waals surface area contributed by atoms with Crippen LogP contribution in [0.3, 0.4) is 0 Å². The van der Waals surface area contributed by atoms with Gasteiger partial charge in [0.1, 0.15) is 34.2 Å². The number of nitrogen functional groups attached to an aromatic ring is 3. The van der Waals surface area contributed by atoms with Crippen molar-refractivity contribution < 1.29 is 59.7 Å². The topological polar surface area (TPSA) is 447 Å². The molecule has 0 spiro atoms. The first-order chi connectivity index (χ1) is 50.8. The summed E-state index contributed by atoms with van der Waals surface area (Å²) in [6, 6.07) is 14.5. The maximum atomic E-state index is 14.8. The quantitative estimate of drug-likeness (QED) is 0.0382. The molecule has 30 nitrogen and oxygen atoms in total. The van der Waals surface area contributed by atoms with Crippen molar-refractivity contribution in [2.24, 2.45) is 17.2 Å². The Morgan fingerprint density at radius 2 is 0.822 bits per heavy atom. The molecule has 3 aliphatic rings. The number of aromatic nitrogens is 12. The lowest BCUT2D eigenvalue weighted by Crippen LogP contribution is -2.48. The zero-order valence-corrected chi connectivity index (χ0v) is 58.8. The number of aliphatic hydroxyl groups is 1. The highest BCUT2D eigenvalue weighted by atomic mass is 19.4. The number of anilines is 9. The Bertz CT molecular complexity index is 4680. The molecule has 0 atom stereocenters. The smallest absolute Gasteiger partial charge is 0.418 e. The minimum Gasteiger partial charge on any atom is -0.491 e. The normalized spacial score (nSPS) is 15.4. The van der Waals surface area contributed by atoms with Crippen molar-refractivity contribution in [3.05, 3.63) is 156 Å². The van der Waals surface area contributed by atoms with Crippen LogP contribution < -0.4 is 69.8 Å². The van der Waals surface area contributed by atoms with Gasteiger partial charge in [0.25, 0.3) is 17.7 Å². The van der Waals surface area contributed by atoms with Crippen LogP contribution in [0, 0.1) is 5.82 Å². The largest absolute Gasteiger partial charge is 0.491 e. The molecule has 3 fully saturated rings. The first kappa shape index (κ1) is 78.1. The van der Waals surface area contributed by atoms with E-state index in [4.69, 9.17) is 43.9 Å². The van der Waals surface area contributed by atoms with Crippen molar-refractivity contribution in [2.45, 2.75) is 108 Å². The third kappa shape index (κ3) is 18.9. The highest BCUT2D eigenvalue weighted by Gasteiger charge is 2.40. The van der Waals surface area contributed by atoms with Crippen molar-refractivity contribution in [3.63, 3.8) is 0 Å². The van der Waals surface area contributed by atoms with Gasteiger partial charge in [-0.15, -0.1) is 0 Å². The van der Waals surface area contributed by atoms with Gasteiger partial charge in [0.15, 0.2) is 63.6 Å². The van der Waals surface area contributed by atoms with Crippen LogP contribution in [0.15, 0.2) is 110 Å². The lowest BCUT2D eigenvalue weighted by atomic mass is 9.91. The minimum absolute atomic E-state index is 0.0327. The number of nitrogens with one attached hydrogen (secondary N) is 3. The number of halogens is 7. The number of aliphatic hydroxyl groups excluding tert-OH is 1. The van der Waals surface area contributed by atoms with Gasteiger partial charge in [-0.3, -0.25) is 29.3 Å². The van der Waals surface area contributed by atoms with Gasteiger partial charge in [-0.1, -0.05) is 0 Å². The van der Waals surface area contributed by atoms with E-state index in [2.05, 4.69) is 85.6 Å². The Kier molecular flexibility index (Phi) is 24.0. The molecular weight excluding hydrogens is 1410 g/mol. The second-order valence-electron chi connectivity index (χ2n) is 26.2. The van der Waals surface area contributed by atoms with Gasteiger partial charge in [-0.25, -0.2) is 49.2 Å². The number of pyridine rings is 6. The first-order valence-corrected chi connectivity index (χ1v) is 33.6. The summed E-state index contributed by atoms with van der Waals surface area (Å²) in [4.78, 5) is 94.4. The predicted molar refractivity (Wildman–Crippen MR) is 385 cm³/mol. The summed E-state index contributed by atoms with van der Waals surface area (Å²) >= 11 is 0. The van der Waals surface area contributed by atoms with E-state index in [1.54, 1.807) is 37.4 Å². The van der Waals surface area contributed by atoms with Crippen LogP contribution in [0.25, 0.3) is 34.2 Å². The molecular formula is C70H79F7N24O6. The fourth-order valence-electron chi connectivity index (χ4n) is 11.9. The Hall–Kier alpha value is -11.5. The van der Waals surface area contributed by atoms with Crippen LogP contribution in [0.1, 0.15) is 120 Å². The fourth-order valence-corrected chi connectivity index (χ4v) is 11.9. The number of nitrogens with zero attached hydrogens (tertiary/aromatic N) is 15. The van der Waals surface area contributed by atoms with Crippen LogP contribution in [-0.4, -0.2) is 152 Å². The zero-order chi connectivity index (χ0) is 77.2. The van der Waals surface area contributed by atoms with Crippen molar-refractivity contribution >= 4 is 69.7 Å². The number of methoxy groups -OCH3 is 1. The molecule has 16 N–H and O–H groups in total. The molecule has 0 radical (unpaired) electrons. The molecule has 9 aromatic heterocycles. The number of amides is 3. The van der Waals surface area contributed by atoms with Gasteiger partial charge >= 0.3 is 12.4 Å². The Morgan fingerprint density at radius 1 is 0.495 bits per heavy atom. The lowest BCUT2D eigenvalue weighted by Gasteiger charge is -2.38. The second-order valence-corrected chi connectivity index (χ2v) is 26.2. The zero-order valence-electron chi connectivity index (χ0n) is 58.8. The van der Waals surface area contributed by atoms with Gasteiger partial charge < -0.3 is 79.6 Å². The SMILES string of the molecule is CC1(N)CCN(c2cccnc2NC(=O)c2nc(-c3nccc(CO)c3C(F)(F)F)cnc2N)CC1.CCOc1ccnc(-c2cnc(N)c(C(=O)Nc3ncccc3N3CCC(C)(N)CC3)n2)c1F.COCc1ccnc(-c2cnc(N)c(C(=O)Nc3ncccc3N3CCC(C)(N)CC3)n2)c1C(F)(F)F. The Morgan fingerprint density at radius 3 is 1.16 bits per heavy atom. The average molecular weight is 1490 g/mol. The van der Waals surface area contributed by atoms with Crippen molar-refractivity contribution in [3.8, 4) is 39.9 Å². The third-order valence-corrected chi connectivity index (χ3v) is 17.8. The summed E-state index contributed by atoms with van der Waals surface area (Å²) in [7, 11) is 1.29. The molecule has 12 heterocycles. The van der Waals surface area contributed by atoms with E-state index >= 15 is 0 Å². The highest BCUT2D eigenvalue weighted by Crippen LogP contribution is 2.41. The standard InChI is InChI=1S/C24H27F3N8O2.C23H25F3N8O2.C23H27FN8O2/c1-23(29)6-10-35(11-7-23)16-4-3-8-31-21(16)34-22(36)19-20(28)32-12-15(33-19)18-17(24(25,26)27)14(13-37-2)5-9-30-18;1-22(28)5-9-34(10-6-22)15-3-2-7-30-20(15)33-21(36)18-19(27)31-11-14(32-18)17-16(23(24,25)26)13(12-35)4-8-29-17;1-3-34-16-6-10-27-18(17(16)24)14-13-29-20(25)19(30-14)22(33)31-21-15(5-4-9-28-21)32-11-7-23(2,26)8-12-32/h3-5,8-9,12H,6-7,10-11,13,29H2,1-2H3,(H2,28,32)(H,31,34,36);2-4,7-8,11,35H,5-6,9-10,12,28H2,1H3,(H2,27,31)(H,30,33,36);4-6,9-10,13H,3,7-8,11-12,26H2,1-2H3,(H2,25,29)(H,28,31,33). The Balaban J connectivity index is 0.000000172. The summed E-state index contributed by atoms with van der Waals surface area (Å²) in [6.45, 7) is 11.0. The number of rotatable bonds is 17. The summed E-state index contributed by atoms with van der Waals surface area (Å²) in [5.74, 6) is -2.61. The van der Waals surface area contributed by atoms with Crippen molar-refractivity contribution in [1.29, 1.82) is 0 Å². The summed E-state index contributed by atoms with van der Waals surface area (Å²) in [5.41, 5.74) is 32.5. The fraction of sp³-hybridized carbons (Fsp3) is 0.357.